The highest BCUT2D eigenvalue weighted by atomic mass is 35.5. The van der Waals surface area contributed by atoms with Crippen molar-refractivity contribution in [2.45, 2.75) is 90.9 Å². The molecule has 3 N–H and O–H groups in total. The number of hydrogen-bond donors (Lipinski definition) is 3. The van der Waals surface area contributed by atoms with Crippen LogP contribution in [0.1, 0.15) is 101 Å². The summed E-state index contributed by atoms with van der Waals surface area (Å²) in [6.07, 6.45) is 13.6. The van der Waals surface area contributed by atoms with E-state index in [0.717, 1.165) is 45.3 Å². The lowest BCUT2D eigenvalue weighted by molar-refractivity contribution is -0.0809. The maximum Gasteiger partial charge on any atom is 0.160 e. The number of hydrogen-bond acceptors (Lipinski definition) is 2. The molecule has 4 heteroatoms. The van der Waals surface area contributed by atoms with Crippen molar-refractivity contribution in [3.05, 3.63) is 69.4 Å². The SMILES string of the molecule is Cc1c(O)c(O)cc2c1C(c1c[nH]c3ccc(Cl)cc13)C=C1C3(C)CC[C@@]4(C)CC[C@H](C)CC4C3CC[C@]12C. The third-order valence-electron chi connectivity index (χ3n) is 12.3. The summed E-state index contributed by atoms with van der Waals surface area (Å²) in [5, 5.41) is 23.7. The molecule has 7 atom stereocenters. The number of phenols is 2. The van der Waals surface area contributed by atoms with Gasteiger partial charge in [-0.2, -0.15) is 0 Å². The first-order valence-corrected chi connectivity index (χ1v) is 15.4. The van der Waals surface area contributed by atoms with E-state index in [2.05, 4.69) is 51.0 Å². The Morgan fingerprint density at radius 2 is 1.77 bits per heavy atom. The number of aromatic hydroxyl groups is 2. The number of aromatic amines is 1. The summed E-state index contributed by atoms with van der Waals surface area (Å²) in [5.41, 5.74) is 7.36. The number of halogens is 1. The van der Waals surface area contributed by atoms with Crippen LogP contribution in [0.4, 0.5) is 0 Å². The molecule has 206 valence electrons. The lowest BCUT2D eigenvalue weighted by atomic mass is 9.40. The van der Waals surface area contributed by atoms with Gasteiger partial charge in [-0.05, 0) is 121 Å². The number of fused-ring (bicyclic) bond motifs is 8. The third-order valence-corrected chi connectivity index (χ3v) is 12.5. The molecule has 0 aliphatic heterocycles. The zero-order valence-electron chi connectivity index (χ0n) is 24.0. The fraction of sp³-hybridized carbons (Fsp3) is 0.543. The highest BCUT2D eigenvalue weighted by molar-refractivity contribution is 6.31. The van der Waals surface area contributed by atoms with Crippen molar-refractivity contribution in [1.82, 2.24) is 4.98 Å². The fourth-order valence-corrected chi connectivity index (χ4v) is 10.2. The second-order valence-electron chi connectivity index (χ2n) is 14.4. The number of rotatable bonds is 1. The van der Waals surface area contributed by atoms with Crippen molar-refractivity contribution in [1.29, 1.82) is 0 Å². The minimum absolute atomic E-state index is 0.000882. The molecule has 0 amide bonds. The Hall–Kier alpha value is -2.39. The van der Waals surface area contributed by atoms with Crippen LogP contribution in [-0.4, -0.2) is 15.2 Å². The third kappa shape index (κ3) is 3.41. The predicted molar refractivity (Wildman–Crippen MR) is 160 cm³/mol. The van der Waals surface area contributed by atoms with Crippen LogP contribution >= 0.6 is 11.6 Å². The minimum Gasteiger partial charge on any atom is -0.504 e. The molecule has 0 saturated heterocycles. The van der Waals surface area contributed by atoms with Crippen LogP contribution in [0.3, 0.4) is 0 Å². The van der Waals surface area contributed by atoms with Gasteiger partial charge in [-0.1, -0.05) is 57.4 Å². The van der Waals surface area contributed by atoms with Gasteiger partial charge < -0.3 is 15.2 Å². The number of allylic oxidation sites excluding steroid dienone is 2. The second-order valence-corrected chi connectivity index (χ2v) is 14.8. The number of aromatic nitrogens is 1. The molecule has 39 heavy (non-hydrogen) atoms. The zero-order chi connectivity index (χ0) is 27.5. The van der Waals surface area contributed by atoms with Crippen LogP contribution in [-0.2, 0) is 5.41 Å². The lowest BCUT2D eigenvalue weighted by Gasteiger charge is -2.64. The standard InChI is InChI=1S/C35H42ClNO2/c1-19-8-10-33(3)12-13-35(5)25(26(33)14-19)9-11-34(4)27-17-29(38)32(39)20(2)31(27)23(16-30(34)35)24-18-37-28-7-6-21(36)15-22(24)28/h6-7,15-19,23,25-26,37-39H,8-14H2,1-5H3/t19-,23?,25?,26?,33+,34-,35?/m0/s1. The van der Waals surface area contributed by atoms with Crippen molar-refractivity contribution in [2.24, 2.45) is 28.6 Å². The van der Waals surface area contributed by atoms with Gasteiger partial charge in [-0.15, -0.1) is 0 Å². The van der Waals surface area contributed by atoms with Gasteiger partial charge in [-0.3, -0.25) is 0 Å². The van der Waals surface area contributed by atoms with E-state index >= 15 is 0 Å². The van der Waals surface area contributed by atoms with Gasteiger partial charge in [0.2, 0.25) is 0 Å². The highest BCUT2D eigenvalue weighted by Crippen LogP contribution is 2.69. The van der Waals surface area contributed by atoms with E-state index in [4.69, 9.17) is 11.6 Å². The van der Waals surface area contributed by atoms with Crippen molar-refractivity contribution in [2.75, 3.05) is 0 Å². The van der Waals surface area contributed by atoms with Gasteiger partial charge in [-0.25, -0.2) is 0 Å². The largest absolute Gasteiger partial charge is 0.504 e. The molecule has 1 aromatic heterocycles. The Kier molecular flexibility index (Phi) is 5.45. The zero-order valence-corrected chi connectivity index (χ0v) is 24.8. The summed E-state index contributed by atoms with van der Waals surface area (Å²) in [4.78, 5) is 3.48. The number of phenolic OH excluding ortho intramolecular Hbond substituents is 2. The maximum absolute atomic E-state index is 10.9. The average molecular weight is 544 g/mol. The Labute approximate surface area is 237 Å². The number of H-pyrrole nitrogens is 1. The summed E-state index contributed by atoms with van der Waals surface area (Å²) < 4.78 is 0. The molecular formula is C35H42ClNO2. The summed E-state index contributed by atoms with van der Waals surface area (Å²) in [6, 6.07) is 7.93. The van der Waals surface area contributed by atoms with E-state index in [1.54, 1.807) is 5.57 Å². The van der Waals surface area contributed by atoms with Crippen LogP contribution < -0.4 is 0 Å². The van der Waals surface area contributed by atoms with Crippen LogP contribution in [0.5, 0.6) is 11.5 Å². The van der Waals surface area contributed by atoms with Crippen molar-refractivity contribution < 1.29 is 10.2 Å². The van der Waals surface area contributed by atoms with E-state index in [1.807, 2.05) is 25.1 Å². The molecule has 4 unspecified atom stereocenters. The van der Waals surface area contributed by atoms with Crippen LogP contribution in [0, 0.1) is 35.5 Å². The Morgan fingerprint density at radius 1 is 0.974 bits per heavy atom. The summed E-state index contributed by atoms with van der Waals surface area (Å²) >= 11 is 6.50. The Morgan fingerprint density at radius 3 is 2.56 bits per heavy atom. The molecule has 3 nitrogen and oxygen atoms in total. The van der Waals surface area contributed by atoms with Gasteiger partial charge in [0.15, 0.2) is 11.5 Å². The smallest absolute Gasteiger partial charge is 0.160 e. The van der Waals surface area contributed by atoms with E-state index in [0.29, 0.717) is 11.3 Å². The van der Waals surface area contributed by atoms with Crippen molar-refractivity contribution in [3.63, 3.8) is 0 Å². The predicted octanol–water partition coefficient (Wildman–Crippen LogP) is 9.52. The quantitative estimate of drug-likeness (QED) is 0.211. The normalized spacial score (nSPS) is 37.4. The van der Waals surface area contributed by atoms with Gasteiger partial charge in [0.1, 0.15) is 0 Å². The van der Waals surface area contributed by atoms with Gasteiger partial charge in [0.25, 0.3) is 0 Å². The molecule has 2 aromatic carbocycles. The van der Waals surface area contributed by atoms with Gasteiger partial charge in [0.05, 0.1) is 0 Å². The van der Waals surface area contributed by atoms with Crippen LogP contribution in [0.15, 0.2) is 42.1 Å². The topological polar surface area (TPSA) is 56.2 Å². The molecular weight excluding hydrogens is 502 g/mol. The molecule has 3 fully saturated rings. The van der Waals surface area contributed by atoms with Crippen molar-refractivity contribution in [3.8, 4) is 11.5 Å². The van der Waals surface area contributed by atoms with E-state index in [9.17, 15) is 10.2 Å². The fourth-order valence-electron chi connectivity index (χ4n) is 9.98. The Balaban J connectivity index is 1.46. The first-order valence-electron chi connectivity index (χ1n) is 15.0. The minimum atomic E-state index is -0.162. The second kappa shape index (κ2) is 8.32. The summed E-state index contributed by atoms with van der Waals surface area (Å²) in [5.74, 6) is 2.25. The highest BCUT2D eigenvalue weighted by Gasteiger charge is 2.60. The van der Waals surface area contributed by atoms with Gasteiger partial charge in [0, 0.05) is 33.5 Å². The molecule has 0 bridgehead atoms. The van der Waals surface area contributed by atoms with Gasteiger partial charge >= 0.3 is 0 Å². The average Bonchev–Trinajstić information content (AvgIpc) is 3.31. The first kappa shape index (κ1) is 25.6. The molecule has 0 spiro atoms. The molecule has 3 saturated carbocycles. The van der Waals surface area contributed by atoms with Crippen LogP contribution in [0.2, 0.25) is 5.02 Å². The molecule has 3 aromatic rings. The molecule has 1 heterocycles. The van der Waals surface area contributed by atoms with Crippen molar-refractivity contribution >= 4 is 22.5 Å². The number of nitrogens with one attached hydrogen (secondary N) is 1. The van der Waals surface area contributed by atoms with E-state index in [-0.39, 0.29) is 28.2 Å². The maximum atomic E-state index is 10.9. The summed E-state index contributed by atoms with van der Waals surface area (Å²) in [6.45, 7) is 12.0. The summed E-state index contributed by atoms with van der Waals surface area (Å²) in [7, 11) is 0. The molecule has 0 radical (unpaired) electrons. The Bertz CT molecular complexity index is 1540. The lowest BCUT2D eigenvalue weighted by Crippen LogP contribution is -2.56. The number of benzene rings is 2. The molecule has 4 aliphatic carbocycles. The van der Waals surface area contributed by atoms with Crippen LogP contribution in [0.25, 0.3) is 10.9 Å². The van der Waals surface area contributed by atoms with E-state index < -0.39 is 0 Å². The monoisotopic (exact) mass is 543 g/mol. The molecule has 4 aliphatic rings. The van der Waals surface area contributed by atoms with E-state index in [1.165, 1.54) is 49.7 Å². The first-order chi connectivity index (χ1) is 18.5. The molecule has 7 rings (SSSR count).